The van der Waals surface area contributed by atoms with E-state index in [2.05, 4.69) is 25.0 Å². The summed E-state index contributed by atoms with van der Waals surface area (Å²) in [7, 11) is -3.79. The molecular weight excluding hydrogens is 364 g/mol. The van der Waals surface area contributed by atoms with E-state index in [-0.39, 0.29) is 10.7 Å². The van der Waals surface area contributed by atoms with Gasteiger partial charge in [0, 0.05) is 30.2 Å². The van der Waals surface area contributed by atoms with Gasteiger partial charge < -0.3 is 0 Å². The van der Waals surface area contributed by atoms with E-state index < -0.39 is 10.0 Å². The Hall–Kier alpha value is -3.46. The molecule has 0 radical (unpaired) electrons. The zero-order valence-corrected chi connectivity index (χ0v) is 15.0. The molecule has 0 bridgehead atoms. The number of aromatic nitrogens is 5. The van der Waals surface area contributed by atoms with Crippen LogP contribution in [-0.2, 0) is 16.6 Å². The fourth-order valence-electron chi connectivity index (χ4n) is 2.58. The zero-order chi connectivity index (χ0) is 18.7. The van der Waals surface area contributed by atoms with Crippen LogP contribution in [0.1, 0.15) is 5.56 Å². The van der Waals surface area contributed by atoms with Crippen LogP contribution < -0.4 is 4.72 Å². The SMILES string of the molecule is O=S(=O)(Nc1cc(-c2cccnc2)[nH]n1)c1cnn(Cc2ccccc2)c1. The fraction of sp³-hybridized carbons (Fsp3) is 0.0556. The molecule has 0 amide bonds. The molecule has 0 aliphatic carbocycles. The van der Waals surface area contributed by atoms with Gasteiger partial charge in [-0.1, -0.05) is 30.3 Å². The molecule has 0 spiro atoms. The van der Waals surface area contributed by atoms with Gasteiger partial charge in [0.1, 0.15) is 4.90 Å². The Morgan fingerprint density at radius 1 is 1.07 bits per heavy atom. The van der Waals surface area contributed by atoms with E-state index in [0.717, 1.165) is 11.1 Å². The van der Waals surface area contributed by atoms with E-state index in [1.807, 2.05) is 36.4 Å². The number of nitrogens with one attached hydrogen (secondary N) is 2. The minimum absolute atomic E-state index is 0.0735. The van der Waals surface area contributed by atoms with Crippen LogP contribution in [0.5, 0.6) is 0 Å². The second-order valence-corrected chi connectivity index (χ2v) is 7.56. The molecule has 4 aromatic rings. The topological polar surface area (TPSA) is 106 Å². The normalized spacial score (nSPS) is 11.4. The highest BCUT2D eigenvalue weighted by atomic mass is 32.2. The Bertz CT molecular complexity index is 1140. The lowest BCUT2D eigenvalue weighted by Crippen LogP contribution is -2.12. The standard InChI is InChI=1S/C18H16N6O2S/c25-27(26,16-11-20-24(13-16)12-14-5-2-1-3-6-14)23-18-9-17(21-22-18)15-7-4-8-19-10-15/h1-11,13H,12H2,(H2,21,22,23). The molecule has 0 unspecified atom stereocenters. The van der Waals surface area contributed by atoms with E-state index in [1.165, 1.54) is 12.4 Å². The average molecular weight is 380 g/mol. The predicted octanol–water partition coefficient (Wildman–Crippen LogP) is 2.52. The van der Waals surface area contributed by atoms with Crippen LogP contribution in [0.15, 0.2) is 78.2 Å². The van der Waals surface area contributed by atoms with Crippen molar-refractivity contribution in [3.8, 4) is 11.3 Å². The Morgan fingerprint density at radius 2 is 1.93 bits per heavy atom. The second-order valence-electron chi connectivity index (χ2n) is 5.87. The second kappa shape index (κ2) is 7.04. The van der Waals surface area contributed by atoms with Gasteiger partial charge in [-0.2, -0.15) is 10.2 Å². The Morgan fingerprint density at radius 3 is 2.70 bits per heavy atom. The number of hydrogen-bond donors (Lipinski definition) is 2. The quantitative estimate of drug-likeness (QED) is 0.535. The third-order valence-corrected chi connectivity index (χ3v) is 5.21. The summed E-state index contributed by atoms with van der Waals surface area (Å²) >= 11 is 0. The Labute approximate surface area is 156 Å². The molecule has 27 heavy (non-hydrogen) atoms. The Balaban J connectivity index is 1.50. The number of hydrogen-bond acceptors (Lipinski definition) is 5. The van der Waals surface area contributed by atoms with Gasteiger partial charge in [-0.05, 0) is 17.7 Å². The van der Waals surface area contributed by atoms with E-state index >= 15 is 0 Å². The summed E-state index contributed by atoms with van der Waals surface area (Å²) in [6, 6.07) is 15.0. The van der Waals surface area contributed by atoms with Crippen molar-refractivity contribution in [2.24, 2.45) is 0 Å². The Kier molecular flexibility index (Phi) is 4.43. The first kappa shape index (κ1) is 17.0. The van der Waals surface area contributed by atoms with Gasteiger partial charge in [-0.3, -0.25) is 19.5 Å². The highest BCUT2D eigenvalue weighted by Crippen LogP contribution is 2.20. The number of anilines is 1. The predicted molar refractivity (Wildman–Crippen MR) is 100 cm³/mol. The zero-order valence-electron chi connectivity index (χ0n) is 14.1. The fourth-order valence-corrected chi connectivity index (χ4v) is 3.52. The van der Waals surface area contributed by atoms with Gasteiger partial charge >= 0.3 is 0 Å². The number of pyridine rings is 1. The average Bonchev–Trinajstić information content (AvgIpc) is 3.33. The van der Waals surface area contributed by atoms with Crippen LogP contribution >= 0.6 is 0 Å². The highest BCUT2D eigenvalue weighted by molar-refractivity contribution is 7.92. The van der Waals surface area contributed by atoms with Crippen LogP contribution in [0.4, 0.5) is 5.82 Å². The monoisotopic (exact) mass is 380 g/mol. The molecule has 0 aliphatic heterocycles. The van der Waals surface area contributed by atoms with Gasteiger partial charge in [0.05, 0.1) is 18.4 Å². The van der Waals surface area contributed by atoms with Crippen molar-refractivity contribution in [3.63, 3.8) is 0 Å². The number of H-pyrrole nitrogens is 1. The molecule has 4 rings (SSSR count). The molecule has 0 fully saturated rings. The van der Waals surface area contributed by atoms with Crippen LogP contribution in [-0.4, -0.2) is 33.4 Å². The van der Waals surface area contributed by atoms with Crippen LogP contribution in [0, 0.1) is 0 Å². The summed E-state index contributed by atoms with van der Waals surface area (Å²) in [5.41, 5.74) is 2.51. The number of rotatable bonds is 6. The molecule has 3 aromatic heterocycles. The summed E-state index contributed by atoms with van der Waals surface area (Å²) in [5, 5.41) is 10.9. The van der Waals surface area contributed by atoms with E-state index in [1.54, 1.807) is 29.2 Å². The molecule has 3 heterocycles. The molecule has 9 heteroatoms. The lowest BCUT2D eigenvalue weighted by atomic mass is 10.2. The molecule has 8 nitrogen and oxygen atoms in total. The summed E-state index contributed by atoms with van der Waals surface area (Å²) in [6.45, 7) is 0.490. The van der Waals surface area contributed by atoms with Crippen molar-refractivity contribution in [1.82, 2.24) is 25.0 Å². The van der Waals surface area contributed by atoms with E-state index in [0.29, 0.717) is 12.2 Å². The maximum absolute atomic E-state index is 12.6. The molecule has 0 atom stereocenters. The molecule has 136 valence electrons. The first-order valence-corrected chi connectivity index (χ1v) is 9.63. The molecule has 0 aliphatic rings. The first-order chi connectivity index (χ1) is 13.1. The summed E-state index contributed by atoms with van der Waals surface area (Å²) in [6.07, 6.45) is 6.14. The molecule has 2 N–H and O–H groups in total. The molecule has 1 aromatic carbocycles. The number of benzene rings is 1. The van der Waals surface area contributed by atoms with Gasteiger partial charge in [-0.15, -0.1) is 0 Å². The van der Waals surface area contributed by atoms with Gasteiger partial charge in [-0.25, -0.2) is 8.42 Å². The lowest BCUT2D eigenvalue weighted by Gasteiger charge is -2.02. The summed E-state index contributed by atoms with van der Waals surface area (Å²) in [5.74, 6) is 0.199. The number of nitrogens with zero attached hydrogens (tertiary/aromatic N) is 4. The van der Waals surface area contributed by atoms with Crippen molar-refractivity contribution < 1.29 is 8.42 Å². The van der Waals surface area contributed by atoms with Crippen molar-refractivity contribution >= 4 is 15.8 Å². The highest BCUT2D eigenvalue weighted by Gasteiger charge is 2.18. The maximum atomic E-state index is 12.6. The maximum Gasteiger partial charge on any atom is 0.266 e. The van der Waals surface area contributed by atoms with Crippen molar-refractivity contribution in [2.75, 3.05) is 4.72 Å². The van der Waals surface area contributed by atoms with Crippen LogP contribution in [0.25, 0.3) is 11.3 Å². The summed E-state index contributed by atoms with van der Waals surface area (Å²) < 4.78 is 29.2. The molecule has 0 saturated heterocycles. The largest absolute Gasteiger partial charge is 0.276 e. The first-order valence-electron chi connectivity index (χ1n) is 8.15. The van der Waals surface area contributed by atoms with Gasteiger partial charge in [0.15, 0.2) is 5.82 Å². The van der Waals surface area contributed by atoms with Crippen molar-refractivity contribution in [1.29, 1.82) is 0 Å². The van der Waals surface area contributed by atoms with Crippen molar-refractivity contribution in [3.05, 3.63) is 78.9 Å². The van der Waals surface area contributed by atoms with E-state index in [4.69, 9.17) is 0 Å². The third kappa shape index (κ3) is 3.87. The number of aromatic amines is 1. The van der Waals surface area contributed by atoms with Crippen LogP contribution in [0.3, 0.4) is 0 Å². The van der Waals surface area contributed by atoms with E-state index in [9.17, 15) is 8.42 Å². The molecular formula is C18H16N6O2S. The minimum atomic E-state index is -3.79. The lowest BCUT2D eigenvalue weighted by molar-refractivity contribution is 0.600. The number of sulfonamides is 1. The van der Waals surface area contributed by atoms with Gasteiger partial charge in [0.2, 0.25) is 0 Å². The minimum Gasteiger partial charge on any atom is -0.276 e. The summed E-state index contributed by atoms with van der Waals surface area (Å²) in [4.78, 5) is 4.11. The third-order valence-electron chi connectivity index (χ3n) is 3.90. The van der Waals surface area contributed by atoms with Crippen LogP contribution in [0.2, 0.25) is 0 Å². The smallest absolute Gasteiger partial charge is 0.266 e. The van der Waals surface area contributed by atoms with Gasteiger partial charge in [0.25, 0.3) is 10.0 Å². The van der Waals surface area contributed by atoms with Crippen molar-refractivity contribution in [2.45, 2.75) is 11.4 Å². The molecule has 0 saturated carbocycles.